The first-order valence-corrected chi connectivity index (χ1v) is 9.57. The van der Waals surface area contributed by atoms with E-state index in [1.807, 2.05) is 0 Å². The van der Waals surface area contributed by atoms with Crippen molar-refractivity contribution in [1.29, 1.82) is 0 Å². The van der Waals surface area contributed by atoms with Crippen LogP contribution in [0.5, 0.6) is 5.75 Å². The van der Waals surface area contributed by atoms with Crippen molar-refractivity contribution in [2.75, 3.05) is 18.1 Å². The molecule has 0 aliphatic carbocycles. The molecule has 2 heterocycles. The number of amides is 1. The van der Waals surface area contributed by atoms with E-state index < -0.39 is 9.84 Å². The number of fused-ring (bicyclic) bond motifs is 1. The van der Waals surface area contributed by atoms with Crippen molar-refractivity contribution >= 4 is 27.3 Å². The molecule has 1 atom stereocenters. The fraction of sp³-hybridized carbons (Fsp3) is 0.533. The van der Waals surface area contributed by atoms with Gasteiger partial charge < -0.3 is 10.1 Å². The zero-order valence-corrected chi connectivity index (χ0v) is 13.6. The van der Waals surface area contributed by atoms with E-state index in [0.29, 0.717) is 36.6 Å². The number of hydrogen-bond donors (Lipinski definition) is 1. The van der Waals surface area contributed by atoms with Gasteiger partial charge in [0.05, 0.1) is 24.0 Å². The van der Waals surface area contributed by atoms with Crippen LogP contribution in [0.25, 0.3) is 0 Å². The Morgan fingerprint density at radius 2 is 1.95 bits per heavy atom. The Morgan fingerprint density at radius 3 is 2.68 bits per heavy atom. The molecule has 1 fully saturated rings. The van der Waals surface area contributed by atoms with Gasteiger partial charge in [0.1, 0.15) is 15.6 Å². The maximum Gasteiger partial charge on any atom is 0.228 e. The summed E-state index contributed by atoms with van der Waals surface area (Å²) in [5.41, 5.74) is 0.805. The number of sulfone groups is 1. The van der Waals surface area contributed by atoms with Crippen LogP contribution in [0.3, 0.4) is 0 Å². The van der Waals surface area contributed by atoms with Gasteiger partial charge in [-0.1, -0.05) is 11.6 Å². The number of rotatable bonds is 2. The van der Waals surface area contributed by atoms with Gasteiger partial charge in [-0.3, -0.25) is 4.79 Å². The molecule has 1 amide bonds. The van der Waals surface area contributed by atoms with Gasteiger partial charge in [-0.2, -0.15) is 0 Å². The van der Waals surface area contributed by atoms with Gasteiger partial charge in [0.25, 0.3) is 0 Å². The molecule has 120 valence electrons. The zero-order valence-electron chi connectivity index (χ0n) is 12.0. The van der Waals surface area contributed by atoms with E-state index in [4.69, 9.17) is 16.3 Å². The molecule has 0 unspecified atom stereocenters. The average molecular weight is 344 g/mol. The number of halogens is 1. The minimum Gasteiger partial charge on any atom is -0.493 e. The normalized spacial score (nSPS) is 24.1. The Balaban J connectivity index is 1.70. The monoisotopic (exact) mass is 343 g/mol. The average Bonchev–Trinajstić information content (AvgIpc) is 2.48. The molecule has 7 heteroatoms. The van der Waals surface area contributed by atoms with Crippen LogP contribution in [0.4, 0.5) is 0 Å². The lowest BCUT2D eigenvalue weighted by Crippen LogP contribution is -2.43. The molecule has 2 aliphatic rings. The first kappa shape index (κ1) is 15.6. The Morgan fingerprint density at radius 1 is 1.23 bits per heavy atom. The second kappa shape index (κ2) is 6.08. The van der Waals surface area contributed by atoms with Gasteiger partial charge in [-0.05, 0) is 37.5 Å². The molecule has 5 nitrogen and oxygen atoms in total. The topological polar surface area (TPSA) is 72.5 Å². The third kappa shape index (κ3) is 3.38. The highest BCUT2D eigenvalue weighted by Gasteiger charge is 2.31. The Hall–Kier alpha value is -1.27. The van der Waals surface area contributed by atoms with E-state index in [2.05, 4.69) is 5.32 Å². The molecule has 1 aromatic rings. The highest BCUT2D eigenvalue weighted by Crippen LogP contribution is 2.35. The highest BCUT2D eigenvalue weighted by molar-refractivity contribution is 7.91. The molecular weight excluding hydrogens is 326 g/mol. The quantitative estimate of drug-likeness (QED) is 0.890. The van der Waals surface area contributed by atoms with Crippen LogP contribution in [0.2, 0.25) is 5.02 Å². The van der Waals surface area contributed by atoms with E-state index in [1.165, 1.54) is 0 Å². The summed E-state index contributed by atoms with van der Waals surface area (Å²) in [6.07, 6.45) is 1.57. The molecule has 1 N–H and O–H groups in total. The third-order valence-electron chi connectivity index (χ3n) is 4.23. The maximum atomic E-state index is 12.5. The molecule has 22 heavy (non-hydrogen) atoms. The largest absolute Gasteiger partial charge is 0.493 e. The standard InChI is InChI=1S/C15H18ClNO4S/c16-10-1-2-14-13(9-10)12(3-6-21-14)15(18)17-11-4-7-22(19,20)8-5-11/h1-2,9,11-12H,3-8H2,(H,17,18)/t12-/m0/s1. The van der Waals surface area contributed by atoms with Gasteiger partial charge in [0, 0.05) is 16.6 Å². The summed E-state index contributed by atoms with van der Waals surface area (Å²) in [6, 6.07) is 5.23. The van der Waals surface area contributed by atoms with Crippen LogP contribution in [0.1, 0.15) is 30.7 Å². The van der Waals surface area contributed by atoms with Gasteiger partial charge in [0.15, 0.2) is 0 Å². The van der Waals surface area contributed by atoms with E-state index in [0.717, 1.165) is 5.56 Å². The summed E-state index contributed by atoms with van der Waals surface area (Å²) >= 11 is 6.02. The molecule has 0 aromatic heterocycles. The van der Waals surface area contributed by atoms with Crippen LogP contribution in [-0.4, -0.2) is 38.5 Å². The van der Waals surface area contributed by atoms with Gasteiger partial charge >= 0.3 is 0 Å². The summed E-state index contributed by atoms with van der Waals surface area (Å²) in [7, 11) is -2.92. The van der Waals surface area contributed by atoms with Crippen molar-refractivity contribution < 1.29 is 17.9 Å². The molecule has 3 rings (SSSR count). The van der Waals surface area contributed by atoms with Crippen molar-refractivity contribution in [2.45, 2.75) is 31.2 Å². The minimum atomic E-state index is -2.92. The van der Waals surface area contributed by atoms with Crippen LogP contribution >= 0.6 is 11.6 Å². The Kier molecular flexibility index (Phi) is 4.32. The number of nitrogens with one attached hydrogen (secondary N) is 1. The lowest BCUT2D eigenvalue weighted by Gasteiger charge is -2.29. The molecule has 1 aromatic carbocycles. The number of hydrogen-bond acceptors (Lipinski definition) is 4. The first-order valence-electron chi connectivity index (χ1n) is 7.38. The number of ether oxygens (including phenoxy) is 1. The third-order valence-corrected chi connectivity index (χ3v) is 6.18. The summed E-state index contributed by atoms with van der Waals surface area (Å²) in [5.74, 6) is 0.626. The van der Waals surface area contributed by atoms with Crippen molar-refractivity contribution in [3.05, 3.63) is 28.8 Å². The number of carbonyl (C=O) groups excluding carboxylic acids is 1. The lowest BCUT2D eigenvalue weighted by molar-refractivity contribution is -0.124. The summed E-state index contributed by atoms with van der Waals surface area (Å²) in [5, 5.41) is 3.56. The maximum absolute atomic E-state index is 12.5. The minimum absolute atomic E-state index is 0.0681. The van der Waals surface area contributed by atoms with E-state index >= 15 is 0 Å². The van der Waals surface area contributed by atoms with E-state index in [1.54, 1.807) is 18.2 Å². The summed E-state index contributed by atoms with van der Waals surface area (Å²) in [4.78, 5) is 12.5. The Labute approximate surface area is 134 Å². The zero-order chi connectivity index (χ0) is 15.7. The van der Waals surface area contributed by atoms with E-state index in [9.17, 15) is 13.2 Å². The highest BCUT2D eigenvalue weighted by atomic mass is 35.5. The van der Waals surface area contributed by atoms with Crippen molar-refractivity contribution in [3.8, 4) is 5.75 Å². The van der Waals surface area contributed by atoms with Crippen molar-refractivity contribution in [3.63, 3.8) is 0 Å². The van der Waals surface area contributed by atoms with Crippen LogP contribution in [-0.2, 0) is 14.6 Å². The van der Waals surface area contributed by atoms with Gasteiger partial charge in [0.2, 0.25) is 5.91 Å². The van der Waals surface area contributed by atoms with Crippen LogP contribution < -0.4 is 10.1 Å². The van der Waals surface area contributed by atoms with Crippen molar-refractivity contribution in [2.24, 2.45) is 0 Å². The lowest BCUT2D eigenvalue weighted by atomic mass is 9.92. The molecule has 2 aliphatic heterocycles. The fourth-order valence-electron chi connectivity index (χ4n) is 2.97. The molecule has 1 saturated heterocycles. The SMILES string of the molecule is O=C(NC1CCS(=O)(=O)CC1)[C@H]1CCOc2ccc(Cl)cc21. The number of carbonyl (C=O) groups is 1. The molecule has 0 bridgehead atoms. The molecule has 0 spiro atoms. The molecular formula is C15H18ClNO4S. The predicted molar refractivity (Wildman–Crippen MR) is 84.1 cm³/mol. The number of benzene rings is 1. The molecule has 0 radical (unpaired) electrons. The fourth-order valence-corrected chi connectivity index (χ4v) is 4.65. The van der Waals surface area contributed by atoms with Crippen LogP contribution in [0.15, 0.2) is 18.2 Å². The van der Waals surface area contributed by atoms with Crippen molar-refractivity contribution in [1.82, 2.24) is 5.32 Å². The second-order valence-corrected chi connectivity index (χ2v) is 8.55. The van der Waals surface area contributed by atoms with E-state index in [-0.39, 0.29) is 29.4 Å². The smallest absolute Gasteiger partial charge is 0.228 e. The summed E-state index contributed by atoms with van der Waals surface area (Å²) < 4.78 is 28.4. The summed E-state index contributed by atoms with van der Waals surface area (Å²) in [6.45, 7) is 0.492. The van der Waals surface area contributed by atoms with Gasteiger partial charge in [-0.25, -0.2) is 8.42 Å². The predicted octanol–water partition coefficient (Wildman–Crippen LogP) is 1.90. The molecule has 0 saturated carbocycles. The van der Waals surface area contributed by atoms with Crippen LogP contribution in [0, 0.1) is 0 Å². The second-order valence-electron chi connectivity index (χ2n) is 5.81. The van der Waals surface area contributed by atoms with Gasteiger partial charge in [-0.15, -0.1) is 0 Å². The Bertz CT molecular complexity index is 675. The first-order chi connectivity index (χ1) is 10.4.